The van der Waals surface area contributed by atoms with Crippen molar-refractivity contribution in [3.05, 3.63) is 46.2 Å². The van der Waals surface area contributed by atoms with E-state index in [2.05, 4.69) is 10.6 Å². The molecule has 0 aliphatic rings. The van der Waals surface area contributed by atoms with E-state index in [1.807, 2.05) is 0 Å². The Kier molecular flexibility index (Phi) is 6.62. The average Bonchev–Trinajstić information content (AvgIpc) is 3.10. The Hall–Kier alpha value is -2.55. The van der Waals surface area contributed by atoms with Crippen molar-refractivity contribution in [2.24, 2.45) is 0 Å². The number of carbonyl (C=O) groups excluding carboxylic acids is 2. The number of nitrogens with one attached hydrogen (secondary N) is 2. The summed E-state index contributed by atoms with van der Waals surface area (Å²) in [4.78, 5) is 23.8. The third kappa shape index (κ3) is 5.48. The maximum atomic E-state index is 12.8. The van der Waals surface area contributed by atoms with Gasteiger partial charge < -0.3 is 15.4 Å². The van der Waals surface area contributed by atoms with E-state index in [1.165, 1.54) is 17.4 Å². The number of amides is 2. The molecule has 0 radical (unpaired) electrons. The van der Waals surface area contributed by atoms with Gasteiger partial charge in [-0.3, -0.25) is 9.59 Å². The highest BCUT2D eigenvalue weighted by atomic mass is 32.1. The lowest BCUT2D eigenvalue weighted by atomic mass is 10.1. The molecule has 0 saturated heterocycles. The van der Waals surface area contributed by atoms with Crippen LogP contribution in [0.2, 0.25) is 0 Å². The van der Waals surface area contributed by atoms with Crippen LogP contribution < -0.4 is 15.4 Å². The number of carbonyl (C=O) groups is 2. The Labute approximate surface area is 152 Å². The minimum absolute atomic E-state index is 0.0590. The van der Waals surface area contributed by atoms with Gasteiger partial charge in [-0.1, -0.05) is 0 Å². The SMILES string of the molecule is CCOc1ccc(C(F)(F)F)cc1NC(=O)CCNC(=O)c1ccsc1. The summed E-state index contributed by atoms with van der Waals surface area (Å²) in [6.07, 6.45) is -4.61. The van der Waals surface area contributed by atoms with Crippen LogP contribution in [0.25, 0.3) is 0 Å². The molecule has 0 bridgehead atoms. The van der Waals surface area contributed by atoms with Crippen molar-refractivity contribution in [3.8, 4) is 5.75 Å². The molecule has 9 heteroatoms. The fourth-order valence-electron chi connectivity index (χ4n) is 2.08. The van der Waals surface area contributed by atoms with E-state index in [-0.39, 0.29) is 36.9 Å². The van der Waals surface area contributed by atoms with Crippen molar-refractivity contribution in [1.82, 2.24) is 5.32 Å². The van der Waals surface area contributed by atoms with Gasteiger partial charge in [-0.15, -0.1) is 0 Å². The van der Waals surface area contributed by atoms with E-state index >= 15 is 0 Å². The second-order valence-electron chi connectivity index (χ2n) is 5.21. The number of benzene rings is 1. The molecule has 0 aliphatic carbocycles. The lowest BCUT2D eigenvalue weighted by Gasteiger charge is -2.14. The van der Waals surface area contributed by atoms with E-state index in [1.54, 1.807) is 23.8 Å². The lowest BCUT2D eigenvalue weighted by molar-refractivity contribution is -0.137. The highest BCUT2D eigenvalue weighted by Crippen LogP contribution is 2.35. The molecule has 0 atom stereocenters. The molecular weight excluding hydrogens is 369 g/mol. The Balaban J connectivity index is 1.97. The molecule has 2 aromatic rings. The van der Waals surface area contributed by atoms with E-state index in [9.17, 15) is 22.8 Å². The number of hydrogen-bond acceptors (Lipinski definition) is 4. The van der Waals surface area contributed by atoms with Crippen LogP contribution in [0.15, 0.2) is 35.0 Å². The zero-order chi connectivity index (χ0) is 19.2. The zero-order valence-corrected chi connectivity index (χ0v) is 14.7. The van der Waals surface area contributed by atoms with Crippen molar-refractivity contribution < 1.29 is 27.5 Å². The number of hydrogen-bond donors (Lipinski definition) is 2. The van der Waals surface area contributed by atoms with Crippen LogP contribution in [0.3, 0.4) is 0 Å². The van der Waals surface area contributed by atoms with Gasteiger partial charge in [0.15, 0.2) is 0 Å². The first-order chi connectivity index (χ1) is 12.3. The molecule has 0 unspecified atom stereocenters. The first kappa shape index (κ1) is 19.8. The molecule has 1 aromatic heterocycles. The van der Waals surface area contributed by atoms with Crippen LogP contribution in [0.4, 0.5) is 18.9 Å². The second-order valence-corrected chi connectivity index (χ2v) is 5.99. The zero-order valence-electron chi connectivity index (χ0n) is 13.9. The summed E-state index contributed by atoms with van der Waals surface area (Å²) >= 11 is 1.37. The van der Waals surface area contributed by atoms with E-state index in [0.717, 1.165) is 12.1 Å². The van der Waals surface area contributed by atoms with Gasteiger partial charge in [0.05, 0.1) is 17.9 Å². The molecule has 0 saturated carbocycles. The number of alkyl halides is 3. The Morgan fingerprint density at radius 1 is 1.23 bits per heavy atom. The largest absolute Gasteiger partial charge is 0.492 e. The van der Waals surface area contributed by atoms with Gasteiger partial charge in [-0.25, -0.2) is 0 Å². The van der Waals surface area contributed by atoms with Crippen LogP contribution >= 0.6 is 11.3 Å². The molecule has 0 spiro atoms. The molecule has 1 aromatic carbocycles. The minimum atomic E-state index is -4.53. The maximum absolute atomic E-state index is 12.8. The minimum Gasteiger partial charge on any atom is -0.492 e. The molecule has 2 amide bonds. The van der Waals surface area contributed by atoms with Gasteiger partial charge in [0, 0.05) is 23.9 Å². The first-order valence-corrected chi connectivity index (χ1v) is 8.70. The molecular formula is C17H17F3N2O3S. The normalized spacial score (nSPS) is 11.1. The molecule has 2 rings (SSSR count). The predicted molar refractivity (Wildman–Crippen MR) is 92.5 cm³/mol. The molecule has 26 heavy (non-hydrogen) atoms. The van der Waals surface area contributed by atoms with E-state index in [0.29, 0.717) is 5.56 Å². The summed E-state index contributed by atoms with van der Waals surface area (Å²) in [5.41, 5.74) is -0.454. The summed E-state index contributed by atoms with van der Waals surface area (Å²) < 4.78 is 43.8. The molecule has 140 valence electrons. The van der Waals surface area contributed by atoms with Crippen molar-refractivity contribution in [2.75, 3.05) is 18.5 Å². The van der Waals surface area contributed by atoms with Crippen molar-refractivity contribution in [2.45, 2.75) is 19.5 Å². The second kappa shape index (κ2) is 8.70. The van der Waals surface area contributed by atoms with Crippen molar-refractivity contribution in [1.29, 1.82) is 0 Å². The standard InChI is InChI=1S/C17H17F3N2O3S/c1-2-25-14-4-3-12(17(18,19)20)9-13(14)22-15(23)5-7-21-16(24)11-6-8-26-10-11/h3-4,6,8-10H,2,5,7H2,1H3,(H,21,24)(H,22,23). The summed E-state index contributed by atoms with van der Waals surface area (Å²) in [6, 6.07) is 4.53. The van der Waals surface area contributed by atoms with Crippen LogP contribution in [0, 0.1) is 0 Å². The van der Waals surface area contributed by atoms with Crippen LogP contribution in [-0.4, -0.2) is 25.0 Å². The monoisotopic (exact) mass is 386 g/mol. The Bertz CT molecular complexity index is 761. The lowest BCUT2D eigenvalue weighted by Crippen LogP contribution is -2.27. The number of rotatable bonds is 7. The van der Waals surface area contributed by atoms with Gasteiger partial charge in [0.1, 0.15) is 5.75 Å². The maximum Gasteiger partial charge on any atom is 0.416 e. The van der Waals surface area contributed by atoms with E-state index < -0.39 is 17.6 Å². The molecule has 5 nitrogen and oxygen atoms in total. The highest BCUT2D eigenvalue weighted by molar-refractivity contribution is 7.08. The summed E-state index contributed by atoms with van der Waals surface area (Å²) in [7, 11) is 0. The summed E-state index contributed by atoms with van der Waals surface area (Å²) in [6.45, 7) is 1.98. The van der Waals surface area contributed by atoms with Crippen molar-refractivity contribution >= 4 is 28.8 Å². The summed E-state index contributed by atoms with van der Waals surface area (Å²) in [5.74, 6) is -0.694. The van der Waals surface area contributed by atoms with Gasteiger partial charge in [0.25, 0.3) is 5.91 Å². The molecule has 2 N–H and O–H groups in total. The molecule has 0 fully saturated rings. The Morgan fingerprint density at radius 3 is 2.62 bits per heavy atom. The predicted octanol–water partition coefficient (Wildman–Crippen LogP) is 3.92. The number of anilines is 1. The van der Waals surface area contributed by atoms with Crippen LogP contribution in [-0.2, 0) is 11.0 Å². The fraction of sp³-hybridized carbons (Fsp3) is 0.294. The third-order valence-electron chi connectivity index (χ3n) is 3.30. The topological polar surface area (TPSA) is 67.4 Å². The number of ether oxygens (including phenoxy) is 1. The van der Waals surface area contributed by atoms with E-state index in [4.69, 9.17) is 4.74 Å². The van der Waals surface area contributed by atoms with Gasteiger partial charge in [0.2, 0.25) is 5.91 Å². The first-order valence-electron chi connectivity index (χ1n) is 7.75. The number of halogens is 3. The van der Waals surface area contributed by atoms with Crippen molar-refractivity contribution in [3.63, 3.8) is 0 Å². The van der Waals surface area contributed by atoms with Gasteiger partial charge in [-0.05, 0) is 36.6 Å². The quantitative estimate of drug-likeness (QED) is 0.758. The third-order valence-corrected chi connectivity index (χ3v) is 3.99. The highest BCUT2D eigenvalue weighted by Gasteiger charge is 2.31. The Morgan fingerprint density at radius 2 is 2.00 bits per heavy atom. The van der Waals surface area contributed by atoms with Gasteiger partial charge in [-0.2, -0.15) is 24.5 Å². The smallest absolute Gasteiger partial charge is 0.416 e. The molecule has 1 heterocycles. The van der Waals surface area contributed by atoms with Crippen LogP contribution in [0.1, 0.15) is 29.3 Å². The van der Waals surface area contributed by atoms with Gasteiger partial charge >= 0.3 is 6.18 Å². The average molecular weight is 386 g/mol. The van der Waals surface area contributed by atoms with Crippen LogP contribution in [0.5, 0.6) is 5.75 Å². The molecule has 0 aliphatic heterocycles. The fourth-order valence-corrected chi connectivity index (χ4v) is 2.72. The number of thiophene rings is 1. The summed E-state index contributed by atoms with van der Waals surface area (Å²) in [5, 5.41) is 8.40.